The molecule has 0 spiro atoms. The summed E-state index contributed by atoms with van der Waals surface area (Å²) in [5.41, 5.74) is 3.24. The molecule has 106 valence electrons. The smallest absolute Gasteiger partial charge is 0.165 e. The lowest BCUT2D eigenvalue weighted by Gasteiger charge is -2.08. The van der Waals surface area contributed by atoms with E-state index in [1.165, 1.54) is 5.56 Å². The van der Waals surface area contributed by atoms with E-state index in [4.69, 9.17) is 4.74 Å². The summed E-state index contributed by atoms with van der Waals surface area (Å²) in [6.45, 7) is 4.71. The van der Waals surface area contributed by atoms with Crippen molar-refractivity contribution < 1.29 is 9.13 Å². The first-order chi connectivity index (χ1) is 9.74. The van der Waals surface area contributed by atoms with E-state index in [0.717, 1.165) is 30.4 Å². The van der Waals surface area contributed by atoms with Gasteiger partial charge in [0, 0.05) is 0 Å². The summed E-state index contributed by atoms with van der Waals surface area (Å²) in [7, 11) is 0. The highest BCUT2D eigenvalue weighted by Gasteiger charge is 2.06. The average Bonchev–Trinajstić information content (AvgIpc) is 2.47. The molecule has 0 heterocycles. The van der Waals surface area contributed by atoms with E-state index in [2.05, 4.69) is 19.1 Å². The van der Waals surface area contributed by atoms with Crippen LogP contribution in [0.4, 0.5) is 4.39 Å². The van der Waals surface area contributed by atoms with E-state index < -0.39 is 0 Å². The zero-order valence-corrected chi connectivity index (χ0v) is 12.2. The molecule has 0 amide bonds. The molecule has 2 rings (SSSR count). The van der Waals surface area contributed by atoms with Gasteiger partial charge in [0.1, 0.15) is 0 Å². The Morgan fingerprint density at radius 2 is 1.60 bits per heavy atom. The first-order valence-corrected chi connectivity index (χ1v) is 7.26. The van der Waals surface area contributed by atoms with Gasteiger partial charge < -0.3 is 4.74 Å². The molecule has 0 radical (unpaired) electrons. The lowest BCUT2D eigenvalue weighted by molar-refractivity contribution is 0.301. The Morgan fingerprint density at radius 1 is 0.900 bits per heavy atom. The first-order valence-electron chi connectivity index (χ1n) is 7.26. The van der Waals surface area contributed by atoms with Gasteiger partial charge in [0.25, 0.3) is 0 Å². The Bertz CT molecular complexity index is 546. The quantitative estimate of drug-likeness (QED) is 0.699. The molecule has 0 saturated carbocycles. The third-order valence-electron chi connectivity index (χ3n) is 3.22. The topological polar surface area (TPSA) is 9.23 Å². The van der Waals surface area contributed by atoms with Crippen LogP contribution in [-0.4, -0.2) is 6.61 Å². The summed E-state index contributed by atoms with van der Waals surface area (Å²) in [4.78, 5) is 0. The van der Waals surface area contributed by atoms with Crippen molar-refractivity contribution in [3.8, 4) is 16.9 Å². The lowest BCUT2D eigenvalue weighted by atomic mass is 10.0. The average molecular weight is 272 g/mol. The molecule has 2 aromatic carbocycles. The summed E-state index contributed by atoms with van der Waals surface area (Å²) in [5.74, 6) is 0.0341. The molecule has 2 heteroatoms. The highest BCUT2D eigenvalue weighted by molar-refractivity contribution is 5.64. The Morgan fingerprint density at radius 3 is 2.20 bits per heavy atom. The second-order valence-electron chi connectivity index (χ2n) is 4.94. The fraction of sp³-hybridized carbons (Fsp3) is 0.333. The molecule has 0 aliphatic heterocycles. The Labute approximate surface area is 120 Å². The standard InChI is InChI=1S/C18H21FO/c1-3-5-14-6-8-15(9-7-14)16-10-11-18(17(19)13-16)20-12-4-2/h6-11,13H,3-5,12H2,1-2H3. The van der Waals surface area contributed by atoms with Crippen LogP contribution in [0, 0.1) is 5.82 Å². The summed E-state index contributed by atoms with van der Waals surface area (Å²) in [5, 5.41) is 0. The van der Waals surface area contributed by atoms with Gasteiger partial charge in [0.15, 0.2) is 11.6 Å². The molecule has 0 N–H and O–H groups in total. The highest BCUT2D eigenvalue weighted by Crippen LogP contribution is 2.26. The van der Waals surface area contributed by atoms with Crippen molar-refractivity contribution in [3.05, 3.63) is 53.8 Å². The molecule has 0 fully saturated rings. The molecule has 1 nitrogen and oxygen atoms in total. The molecule has 0 aliphatic carbocycles. The van der Waals surface area contributed by atoms with Crippen LogP contribution >= 0.6 is 0 Å². The number of rotatable bonds is 6. The van der Waals surface area contributed by atoms with Gasteiger partial charge in [-0.25, -0.2) is 4.39 Å². The molecular weight excluding hydrogens is 251 g/mol. The van der Waals surface area contributed by atoms with Gasteiger partial charge in [0.05, 0.1) is 6.61 Å². The van der Waals surface area contributed by atoms with E-state index in [-0.39, 0.29) is 5.82 Å². The van der Waals surface area contributed by atoms with Gasteiger partial charge in [-0.2, -0.15) is 0 Å². The summed E-state index contributed by atoms with van der Waals surface area (Å²) in [6, 6.07) is 13.5. The van der Waals surface area contributed by atoms with E-state index in [1.54, 1.807) is 12.1 Å². The van der Waals surface area contributed by atoms with Gasteiger partial charge in [-0.05, 0) is 41.7 Å². The van der Waals surface area contributed by atoms with E-state index in [9.17, 15) is 4.39 Å². The maximum Gasteiger partial charge on any atom is 0.165 e. The number of halogens is 1. The number of hydrogen-bond donors (Lipinski definition) is 0. The van der Waals surface area contributed by atoms with Gasteiger partial charge >= 0.3 is 0 Å². The molecular formula is C18H21FO. The van der Waals surface area contributed by atoms with Crippen molar-refractivity contribution in [1.82, 2.24) is 0 Å². The lowest BCUT2D eigenvalue weighted by Crippen LogP contribution is -1.97. The molecule has 2 aromatic rings. The summed E-state index contributed by atoms with van der Waals surface area (Å²) >= 11 is 0. The van der Waals surface area contributed by atoms with Crippen LogP contribution in [0.25, 0.3) is 11.1 Å². The van der Waals surface area contributed by atoms with E-state index >= 15 is 0 Å². The summed E-state index contributed by atoms with van der Waals surface area (Å²) in [6.07, 6.45) is 3.09. The van der Waals surface area contributed by atoms with Crippen LogP contribution in [0.5, 0.6) is 5.75 Å². The maximum atomic E-state index is 13.9. The van der Waals surface area contributed by atoms with Crippen LogP contribution in [-0.2, 0) is 6.42 Å². The van der Waals surface area contributed by atoms with Crippen molar-refractivity contribution >= 4 is 0 Å². The molecule has 0 saturated heterocycles. The summed E-state index contributed by atoms with van der Waals surface area (Å²) < 4.78 is 19.3. The minimum Gasteiger partial charge on any atom is -0.491 e. The van der Waals surface area contributed by atoms with Crippen molar-refractivity contribution in [1.29, 1.82) is 0 Å². The molecule has 20 heavy (non-hydrogen) atoms. The minimum atomic E-state index is -0.298. The van der Waals surface area contributed by atoms with Crippen LogP contribution < -0.4 is 4.74 Å². The van der Waals surface area contributed by atoms with Crippen LogP contribution in [0.15, 0.2) is 42.5 Å². The van der Waals surface area contributed by atoms with Crippen LogP contribution in [0.3, 0.4) is 0 Å². The molecule has 0 aromatic heterocycles. The second-order valence-corrected chi connectivity index (χ2v) is 4.94. The predicted molar refractivity (Wildman–Crippen MR) is 81.6 cm³/mol. The number of hydrogen-bond acceptors (Lipinski definition) is 1. The molecule has 0 atom stereocenters. The van der Waals surface area contributed by atoms with Crippen molar-refractivity contribution in [2.45, 2.75) is 33.1 Å². The van der Waals surface area contributed by atoms with E-state index in [1.807, 2.05) is 25.1 Å². The fourth-order valence-electron chi connectivity index (χ4n) is 2.16. The van der Waals surface area contributed by atoms with Gasteiger partial charge in [-0.1, -0.05) is 50.6 Å². The van der Waals surface area contributed by atoms with Gasteiger partial charge in [-0.3, -0.25) is 0 Å². The monoisotopic (exact) mass is 272 g/mol. The molecule has 0 unspecified atom stereocenters. The number of aryl methyl sites for hydroxylation is 1. The van der Waals surface area contributed by atoms with Gasteiger partial charge in [0.2, 0.25) is 0 Å². The molecule has 0 aliphatic rings. The molecule has 0 bridgehead atoms. The van der Waals surface area contributed by atoms with Crippen LogP contribution in [0.2, 0.25) is 0 Å². The first kappa shape index (κ1) is 14.6. The minimum absolute atomic E-state index is 0.298. The van der Waals surface area contributed by atoms with Crippen molar-refractivity contribution in [3.63, 3.8) is 0 Å². The third-order valence-corrected chi connectivity index (χ3v) is 3.22. The zero-order valence-electron chi connectivity index (χ0n) is 12.2. The van der Waals surface area contributed by atoms with Crippen molar-refractivity contribution in [2.24, 2.45) is 0 Å². The third kappa shape index (κ3) is 3.60. The number of benzene rings is 2. The number of ether oxygens (including phenoxy) is 1. The predicted octanol–water partition coefficient (Wildman–Crippen LogP) is 5.23. The van der Waals surface area contributed by atoms with Crippen molar-refractivity contribution in [2.75, 3.05) is 6.61 Å². The highest BCUT2D eigenvalue weighted by atomic mass is 19.1. The second kappa shape index (κ2) is 7.09. The largest absolute Gasteiger partial charge is 0.491 e. The maximum absolute atomic E-state index is 13.9. The fourth-order valence-corrected chi connectivity index (χ4v) is 2.16. The zero-order chi connectivity index (χ0) is 14.4. The van der Waals surface area contributed by atoms with Gasteiger partial charge in [-0.15, -0.1) is 0 Å². The van der Waals surface area contributed by atoms with Crippen LogP contribution in [0.1, 0.15) is 32.3 Å². The Hall–Kier alpha value is -1.83. The Balaban J connectivity index is 2.18. The SMILES string of the molecule is CCCOc1ccc(-c2ccc(CCC)cc2)cc1F. The Kier molecular flexibility index (Phi) is 5.16. The van der Waals surface area contributed by atoms with E-state index in [0.29, 0.717) is 12.4 Å². The normalized spacial score (nSPS) is 10.6.